The monoisotopic (exact) mass is 357 g/mol. The molecule has 0 aliphatic carbocycles. The van der Waals surface area contributed by atoms with Gasteiger partial charge in [-0.3, -0.25) is 4.79 Å². The van der Waals surface area contributed by atoms with Crippen molar-refractivity contribution in [2.45, 2.75) is 6.54 Å². The van der Waals surface area contributed by atoms with Gasteiger partial charge < -0.3 is 14.4 Å². The number of aromatic hydroxyl groups is 1. The van der Waals surface area contributed by atoms with Crippen molar-refractivity contribution in [1.82, 2.24) is 4.57 Å². The first-order valence-electron chi connectivity index (χ1n) is 8.71. The van der Waals surface area contributed by atoms with Crippen LogP contribution in [0, 0.1) is 0 Å². The third-order valence-electron chi connectivity index (χ3n) is 4.68. The first-order valence-corrected chi connectivity index (χ1v) is 8.71. The Morgan fingerprint density at radius 2 is 1.63 bits per heavy atom. The predicted octanol–water partition coefficient (Wildman–Crippen LogP) is 4.43. The molecule has 134 valence electrons. The smallest absolute Gasteiger partial charge is 0.258 e. The average Bonchev–Trinajstić information content (AvgIpc) is 2.71. The summed E-state index contributed by atoms with van der Waals surface area (Å²) in [6.07, 6.45) is 1.88. The molecule has 0 unspecified atom stereocenters. The lowest BCUT2D eigenvalue weighted by atomic mass is 10.00. The van der Waals surface area contributed by atoms with Crippen LogP contribution < -0.4 is 10.3 Å². The maximum absolute atomic E-state index is 13.0. The van der Waals surface area contributed by atoms with E-state index in [9.17, 15) is 9.90 Å². The molecule has 1 aromatic heterocycles. The lowest BCUT2D eigenvalue weighted by Gasteiger charge is -2.14. The van der Waals surface area contributed by atoms with Gasteiger partial charge in [-0.05, 0) is 34.7 Å². The standard InChI is InChI=1S/C23H19NO3/c1-27-22-13-17(11-12-21(22)25)20-15-24(14-16-7-3-2-4-8-16)23(26)19-10-6-5-9-18(19)20/h2-13,15,25H,14H2,1H3. The molecule has 0 spiro atoms. The van der Waals surface area contributed by atoms with Crippen LogP contribution in [0.25, 0.3) is 21.9 Å². The Morgan fingerprint density at radius 1 is 0.926 bits per heavy atom. The van der Waals surface area contributed by atoms with E-state index in [2.05, 4.69) is 0 Å². The molecule has 1 N–H and O–H groups in total. The van der Waals surface area contributed by atoms with Crippen LogP contribution in [0.5, 0.6) is 11.5 Å². The van der Waals surface area contributed by atoms with E-state index in [0.717, 1.165) is 22.1 Å². The lowest BCUT2D eigenvalue weighted by molar-refractivity contribution is 0.373. The summed E-state index contributed by atoms with van der Waals surface area (Å²) in [5.41, 5.74) is 2.83. The largest absolute Gasteiger partial charge is 0.504 e. The van der Waals surface area contributed by atoms with Gasteiger partial charge in [0.05, 0.1) is 13.7 Å². The van der Waals surface area contributed by atoms with E-state index < -0.39 is 0 Å². The van der Waals surface area contributed by atoms with Crippen LogP contribution >= 0.6 is 0 Å². The Bertz CT molecular complexity index is 1160. The normalized spacial score (nSPS) is 10.9. The minimum absolute atomic E-state index is 0.0241. The molecule has 0 atom stereocenters. The lowest BCUT2D eigenvalue weighted by Crippen LogP contribution is -2.20. The second-order valence-corrected chi connectivity index (χ2v) is 6.39. The second kappa shape index (κ2) is 7.00. The van der Waals surface area contributed by atoms with E-state index >= 15 is 0 Å². The number of nitrogens with zero attached hydrogens (tertiary/aromatic N) is 1. The SMILES string of the molecule is COc1cc(-c2cn(Cc3ccccc3)c(=O)c3ccccc23)ccc1O. The van der Waals surface area contributed by atoms with E-state index in [1.807, 2.05) is 66.9 Å². The number of methoxy groups -OCH3 is 1. The van der Waals surface area contributed by atoms with Crippen molar-refractivity contribution in [2.75, 3.05) is 7.11 Å². The number of phenols is 1. The van der Waals surface area contributed by atoms with Gasteiger partial charge in [-0.2, -0.15) is 0 Å². The maximum Gasteiger partial charge on any atom is 0.258 e. The number of fused-ring (bicyclic) bond motifs is 1. The van der Waals surface area contributed by atoms with Crippen LogP contribution in [-0.2, 0) is 6.54 Å². The fourth-order valence-corrected chi connectivity index (χ4v) is 3.32. The van der Waals surface area contributed by atoms with E-state index in [1.165, 1.54) is 7.11 Å². The maximum atomic E-state index is 13.0. The van der Waals surface area contributed by atoms with Crippen molar-refractivity contribution in [1.29, 1.82) is 0 Å². The highest BCUT2D eigenvalue weighted by Gasteiger charge is 2.12. The summed E-state index contributed by atoms with van der Waals surface area (Å²) in [5, 5.41) is 11.4. The van der Waals surface area contributed by atoms with Gasteiger partial charge in [-0.15, -0.1) is 0 Å². The zero-order valence-electron chi connectivity index (χ0n) is 14.9. The van der Waals surface area contributed by atoms with Crippen LogP contribution in [0.2, 0.25) is 0 Å². The Balaban J connectivity index is 1.94. The summed E-state index contributed by atoms with van der Waals surface area (Å²) < 4.78 is 6.98. The summed E-state index contributed by atoms with van der Waals surface area (Å²) in [4.78, 5) is 13.0. The number of pyridine rings is 1. The Morgan fingerprint density at radius 3 is 2.37 bits per heavy atom. The Hall–Kier alpha value is -3.53. The minimum Gasteiger partial charge on any atom is -0.504 e. The Kier molecular flexibility index (Phi) is 4.38. The van der Waals surface area contributed by atoms with Gasteiger partial charge in [0.15, 0.2) is 11.5 Å². The fourth-order valence-electron chi connectivity index (χ4n) is 3.32. The highest BCUT2D eigenvalue weighted by molar-refractivity contribution is 5.96. The number of phenolic OH excluding ortho intramolecular Hbond substituents is 1. The average molecular weight is 357 g/mol. The number of benzene rings is 3. The number of ether oxygens (including phenoxy) is 1. The van der Waals surface area contributed by atoms with Gasteiger partial charge in [0.25, 0.3) is 5.56 Å². The third kappa shape index (κ3) is 3.17. The highest BCUT2D eigenvalue weighted by Crippen LogP contribution is 2.34. The second-order valence-electron chi connectivity index (χ2n) is 6.39. The summed E-state index contributed by atoms with van der Waals surface area (Å²) >= 11 is 0. The molecule has 0 fully saturated rings. The molecule has 0 radical (unpaired) electrons. The van der Waals surface area contributed by atoms with Gasteiger partial charge >= 0.3 is 0 Å². The van der Waals surface area contributed by atoms with Crippen LogP contribution in [0.15, 0.2) is 83.8 Å². The molecule has 0 saturated carbocycles. The topological polar surface area (TPSA) is 51.5 Å². The summed E-state index contributed by atoms with van der Waals surface area (Å²) in [7, 11) is 1.52. The van der Waals surface area contributed by atoms with Crippen molar-refractivity contribution in [3.05, 3.63) is 94.9 Å². The molecular weight excluding hydrogens is 338 g/mol. The van der Waals surface area contributed by atoms with Gasteiger partial charge in [0.2, 0.25) is 0 Å². The molecular formula is C23H19NO3. The van der Waals surface area contributed by atoms with Crippen molar-refractivity contribution in [2.24, 2.45) is 0 Å². The molecule has 0 amide bonds. The van der Waals surface area contributed by atoms with E-state index in [0.29, 0.717) is 17.7 Å². The zero-order valence-corrected chi connectivity index (χ0v) is 14.9. The molecule has 3 aromatic carbocycles. The van der Waals surface area contributed by atoms with Crippen molar-refractivity contribution < 1.29 is 9.84 Å². The molecule has 4 aromatic rings. The van der Waals surface area contributed by atoms with Gasteiger partial charge in [-0.25, -0.2) is 0 Å². The molecule has 4 heteroatoms. The summed E-state index contributed by atoms with van der Waals surface area (Å²) in [6.45, 7) is 0.493. The van der Waals surface area contributed by atoms with E-state index in [-0.39, 0.29) is 11.3 Å². The van der Waals surface area contributed by atoms with Crippen LogP contribution in [0.3, 0.4) is 0 Å². The van der Waals surface area contributed by atoms with E-state index in [4.69, 9.17) is 4.74 Å². The molecule has 4 rings (SSSR count). The molecule has 27 heavy (non-hydrogen) atoms. The first-order chi connectivity index (χ1) is 13.2. The fraction of sp³-hybridized carbons (Fsp3) is 0.0870. The molecule has 1 heterocycles. The molecule has 0 saturated heterocycles. The molecule has 0 aliphatic heterocycles. The van der Waals surface area contributed by atoms with Crippen molar-refractivity contribution in [3.8, 4) is 22.6 Å². The Labute approximate surface area is 156 Å². The van der Waals surface area contributed by atoms with Crippen molar-refractivity contribution in [3.63, 3.8) is 0 Å². The highest BCUT2D eigenvalue weighted by atomic mass is 16.5. The van der Waals surface area contributed by atoms with Crippen molar-refractivity contribution >= 4 is 10.8 Å². The predicted molar refractivity (Wildman–Crippen MR) is 107 cm³/mol. The molecule has 0 bridgehead atoms. The molecule has 4 nitrogen and oxygen atoms in total. The number of hydrogen-bond donors (Lipinski definition) is 1. The zero-order chi connectivity index (χ0) is 18.8. The van der Waals surface area contributed by atoms with Gasteiger partial charge in [0.1, 0.15) is 0 Å². The van der Waals surface area contributed by atoms with Crippen LogP contribution in [-0.4, -0.2) is 16.8 Å². The molecule has 0 aliphatic rings. The summed E-state index contributed by atoms with van der Waals surface area (Å²) in [5.74, 6) is 0.487. The number of hydrogen-bond acceptors (Lipinski definition) is 3. The minimum atomic E-state index is -0.0241. The third-order valence-corrected chi connectivity index (χ3v) is 4.68. The van der Waals surface area contributed by atoms with Gasteiger partial charge in [0, 0.05) is 17.1 Å². The first kappa shape index (κ1) is 16.9. The van der Waals surface area contributed by atoms with Crippen LogP contribution in [0.1, 0.15) is 5.56 Å². The summed E-state index contributed by atoms with van der Waals surface area (Å²) in [6, 6.07) is 22.7. The number of rotatable bonds is 4. The van der Waals surface area contributed by atoms with Crippen LogP contribution in [0.4, 0.5) is 0 Å². The van der Waals surface area contributed by atoms with E-state index in [1.54, 1.807) is 16.7 Å². The van der Waals surface area contributed by atoms with Gasteiger partial charge in [-0.1, -0.05) is 54.6 Å². The number of aromatic nitrogens is 1. The quantitative estimate of drug-likeness (QED) is 0.588.